The lowest BCUT2D eigenvalue weighted by atomic mass is 10.2. The van der Waals surface area contributed by atoms with Gasteiger partial charge < -0.3 is 9.88 Å². The maximum atomic E-state index is 12.1. The molecule has 0 atom stereocenters. The summed E-state index contributed by atoms with van der Waals surface area (Å²) in [7, 11) is 1.89. The average molecular weight is 344 g/mol. The van der Waals surface area contributed by atoms with E-state index in [4.69, 9.17) is 0 Å². The van der Waals surface area contributed by atoms with Crippen molar-refractivity contribution >= 4 is 33.6 Å². The topological polar surface area (TPSA) is 57.8 Å². The average Bonchev–Trinajstić information content (AvgIpc) is 2.78. The molecule has 0 aliphatic rings. The number of hydrogen-bond acceptors (Lipinski definition) is 2. The maximum absolute atomic E-state index is 12.1. The van der Waals surface area contributed by atoms with Gasteiger partial charge in [-0.05, 0) is 49.4 Å². The molecule has 2 rings (SSSR count). The Labute approximate surface area is 131 Å². The van der Waals surface area contributed by atoms with Gasteiger partial charge in [-0.1, -0.05) is 15.9 Å². The Hall–Kier alpha value is -2.32. The van der Waals surface area contributed by atoms with Crippen LogP contribution in [0.25, 0.3) is 6.08 Å². The lowest BCUT2D eigenvalue weighted by Crippen LogP contribution is -2.13. The molecule has 1 N–H and O–H groups in total. The highest BCUT2D eigenvalue weighted by Crippen LogP contribution is 2.16. The number of amides is 1. The Morgan fingerprint density at radius 2 is 1.95 bits per heavy atom. The molecule has 0 unspecified atom stereocenters. The first-order chi connectivity index (χ1) is 10.0. The van der Waals surface area contributed by atoms with E-state index >= 15 is 0 Å². The third kappa shape index (κ3) is 3.61. The third-order valence-corrected chi connectivity index (χ3v) is 3.70. The van der Waals surface area contributed by atoms with Crippen molar-refractivity contribution in [2.75, 3.05) is 5.32 Å². The van der Waals surface area contributed by atoms with E-state index in [1.165, 1.54) is 0 Å². The van der Waals surface area contributed by atoms with E-state index in [1.54, 1.807) is 18.2 Å². The van der Waals surface area contributed by atoms with Crippen LogP contribution in [0.1, 0.15) is 11.4 Å². The molecule has 0 spiro atoms. The number of nitriles is 1. The number of carbonyl (C=O) groups is 1. The molecule has 0 saturated carbocycles. The number of hydrogen-bond donors (Lipinski definition) is 1. The van der Waals surface area contributed by atoms with Crippen molar-refractivity contribution in [1.29, 1.82) is 5.26 Å². The van der Waals surface area contributed by atoms with Crippen LogP contribution in [0.3, 0.4) is 0 Å². The number of rotatable bonds is 3. The van der Waals surface area contributed by atoms with Gasteiger partial charge in [-0.2, -0.15) is 5.26 Å². The molecule has 0 aliphatic carbocycles. The minimum Gasteiger partial charge on any atom is -0.348 e. The number of carbonyl (C=O) groups excluding carboxylic acids is 1. The first kappa shape index (κ1) is 15.1. The molecule has 1 heterocycles. The molecule has 0 aliphatic heterocycles. The van der Waals surface area contributed by atoms with Crippen molar-refractivity contribution in [3.05, 3.63) is 57.8 Å². The van der Waals surface area contributed by atoms with Gasteiger partial charge in [0.05, 0.1) is 0 Å². The van der Waals surface area contributed by atoms with Crippen LogP contribution in [0.5, 0.6) is 0 Å². The zero-order valence-corrected chi connectivity index (χ0v) is 13.3. The summed E-state index contributed by atoms with van der Waals surface area (Å²) in [5, 5.41) is 11.9. The summed E-state index contributed by atoms with van der Waals surface area (Å²) in [4.78, 5) is 12.1. The monoisotopic (exact) mass is 343 g/mol. The van der Waals surface area contributed by atoms with Gasteiger partial charge >= 0.3 is 0 Å². The number of aromatic nitrogens is 1. The molecule has 0 bridgehead atoms. The van der Waals surface area contributed by atoms with Gasteiger partial charge in [-0.25, -0.2) is 0 Å². The van der Waals surface area contributed by atoms with Gasteiger partial charge in [-0.3, -0.25) is 4.79 Å². The molecule has 21 heavy (non-hydrogen) atoms. The van der Waals surface area contributed by atoms with E-state index in [0.717, 1.165) is 15.9 Å². The van der Waals surface area contributed by atoms with Gasteiger partial charge in [0.1, 0.15) is 11.6 Å². The summed E-state index contributed by atoms with van der Waals surface area (Å²) in [6, 6.07) is 12.9. The fourth-order valence-electron chi connectivity index (χ4n) is 1.81. The Morgan fingerprint density at radius 1 is 1.29 bits per heavy atom. The summed E-state index contributed by atoms with van der Waals surface area (Å²) in [5.41, 5.74) is 2.59. The number of nitrogens with zero attached hydrogens (tertiary/aromatic N) is 2. The van der Waals surface area contributed by atoms with Crippen LogP contribution in [0.15, 0.2) is 46.4 Å². The largest absolute Gasteiger partial charge is 0.348 e. The predicted octanol–water partition coefficient (Wildman–Crippen LogP) is 3.64. The quantitative estimate of drug-likeness (QED) is 0.683. The highest BCUT2D eigenvalue weighted by atomic mass is 79.9. The van der Waals surface area contributed by atoms with Crippen LogP contribution in [0, 0.1) is 18.3 Å². The lowest BCUT2D eigenvalue weighted by Gasteiger charge is -2.05. The molecule has 0 saturated heterocycles. The van der Waals surface area contributed by atoms with E-state index in [2.05, 4.69) is 21.2 Å². The predicted molar refractivity (Wildman–Crippen MR) is 86.5 cm³/mol. The van der Waals surface area contributed by atoms with Crippen molar-refractivity contribution in [2.45, 2.75) is 6.92 Å². The van der Waals surface area contributed by atoms with E-state index in [9.17, 15) is 10.1 Å². The number of anilines is 1. The highest BCUT2D eigenvalue weighted by molar-refractivity contribution is 9.10. The second-order valence-electron chi connectivity index (χ2n) is 4.59. The van der Waals surface area contributed by atoms with Crippen molar-refractivity contribution in [3.8, 4) is 6.07 Å². The van der Waals surface area contributed by atoms with Gasteiger partial charge in [0.15, 0.2) is 0 Å². The van der Waals surface area contributed by atoms with E-state index in [-0.39, 0.29) is 5.57 Å². The highest BCUT2D eigenvalue weighted by Gasteiger charge is 2.10. The van der Waals surface area contributed by atoms with Crippen LogP contribution in [0.4, 0.5) is 5.69 Å². The van der Waals surface area contributed by atoms with Crippen LogP contribution in [0.2, 0.25) is 0 Å². The fourth-order valence-corrected chi connectivity index (χ4v) is 2.07. The van der Waals surface area contributed by atoms with Gasteiger partial charge in [-0.15, -0.1) is 0 Å². The standard InChI is InChI=1S/C16H14BrN3O/c1-11-3-8-15(20(11)2)9-12(10-18)16(21)19-14-6-4-13(17)5-7-14/h3-9H,1-2H3,(H,19,21)/b12-9-. The van der Waals surface area contributed by atoms with Crippen molar-refractivity contribution < 1.29 is 4.79 Å². The zero-order chi connectivity index (χ0) is 15.4. The van der Waals surface area contributed by atoms with Gasteiger partial charge in [0.25, 0.3) is 5.91 Å². The van der Waals surface area contributed by atoms with Crippen LogP contribution in [-0.2, 0) is 11.8 Å². The minimum atomic E-state index is -0.418. The lowest BCUT2D eigenvalue weighted by molar-refractivity contribution is -0.112. The number of halogens is 1. The molecule has 1 amide bonds. The molecular weight excluding hydrogens is 330 g/mol. The molecule has 2 aromatic rings. The molecule has 1 aromatic carbocycles. The van der Waals surface area contributed by atoms with Crippen molar-refractivity contribution in [1.82, 2.24) is 4.57 Å². The van der Waals surface area contributed by atoms with E-state index in [0.29, 0.717) is 5.69 Å². The minimum absolute atomic E-state index is 0.0686. The van der Waals surface area contributed by atoms with Crippen LogP contribution in [-0.4, -0.2) is 10.5 Å². The second-order valence-corrected chi connectivity index (χ2v) is 5.51. The Bertz CT molecular complexity index is 736. The molecular formula is C16H14BrN3O. The molecule has 4 nitrogen and oxygen atoms in total. The van der Waals surface area contributed by atoms with E-state index in [1.807, 2.05) is 48.9 Å². The fraction of sp³-hybridized carbons (Fsp3) is 0.125. The van der Waals surface area contributed by atoms with Crippen LogP contribution >= 0.6 is 15.9 Å². The SMILES string of the molecule is Cc1ccc(/C=C(/C#N)C(=O)Nc2ccc(Br)cc2)n1C. The number of aryl methyl sites for hydroxylation is 1. The number of benzene rings is 1. The van der Waals surface area contributed by atoms with Gasteiger partial charge in [0, 0.05) is 28.6 Å². The van der Waals surface area contributed by atoms with E-state index < -0.39 is 5.91 Å². The second kappa shape index (κ2) is 6.42. The Morgan fingerprint density at radius 3 is 2.48 bits per heavy atom. The Balaban J connectivity index is 2.21. The summed E-state index contributed by atoms with van der Waals surface area (Å²) in [6.07, 6.45) is 1.58. The van der Waals surface area contributed by atoms with Crippen molar-refractivity contribution in [3.63, 3.8) is 0 Å². The molecule has 5 heteroatoms. The normalized spacial score (nSPS) is 11.0. The summed E-state index contributed by atoms with van der Waals surface area (Å²) in [6.45, 7) is 1.96. The Kier molecular flexibility index (Phi) is 4.61. The van der Waals surface area contributed by atoms with Crippen molar-refractivity contribution in [2.24, 2.45) is 7.05 Å². The van der Waals surface area contributed by atoms with Crippen LogP contribution < -0.4 is 5.32 Å². The zero-order valence-electron chi connectivity index (χ0n) is 11.7. The molecule has 0 fully saturated rings. The smallest absolute Gasteiger partial charge is 0.266 e. The number of nitrogens with one attached hydrogen (secondary N) is 1. The maximum Gasteiger partial charge on any atom is 0.266 e. The molecule has 0 radical (unpaired) electrons. The summed E-state index contributed by atoms with van der Waals surface area (Å²) in [5.74, 6) is -0.418. The first-order valence-electron chi connectivity index (χ1n) is 6.32. The van der Waals surface area contributed by atoms with Gasteiger partial charge in [0.2, 0.25) is 0 Å². The summed E-state index contributed by atoms with van der Waals surface area (Å²) < 4.78 is 2.85. The third-order valence-electron chi connectivity index (χ3n) is 3.17. The molecule has 106 valence electrons. The first-order valence-corrected chi connectivity index (χ1v) is 7.11. The molecule has 1 aromatic heterocycles. The summed E-state index contributed by atoms with van der Waals surface area (Å²) >= 11 is 3.33.